The van der Waals surface area contributed by atoms with Crippen LogP contribution >= 0.6 is 0 Å². The number of benzene rings is 6. The highest BCUT2D eigenvalue weighted by Gasteiger charge is 2.20. The van der Waals surface area contributed by atoms with Gasteiger partial charge < -0.3 is 0 Å². The smallest absolute Gasteiger partial charge is 0.160 e. The van der Waals surface area contributed by atoms with E-state index in [0.29, 0.717) is 0 Å². The fourth-order valence-electron chi connectivity index (χ4n) is 6.70. The maximum atomic E-state index is 5.19. The number of nitrogens with zero attached hydrogens (tertiary/aromatic N) is 4. The zero-order chi connectivity index (χ0) is 29.0. The second-order valence-electron chi connectivity index (χ2n) is 11.0. The first kappa shape index (κ1) is 24.6. The van der Waals surface area contributed by atoms with E-state index in [2.05, 4.69) is 130 Å². The SMILES string of the molecule is c1cnc(-c2c3ccccc3c(-c3ccc(-c4ccc5ccc6cccnc6c5n4)c4ccccc34)c3ccccc23)nc1. The van der Waals surface area contributed by atoms with Crippen molar-refractivity contribution >= 4 is 54.1 Å². The van der Waals surface area contributed by atoms with Crippen molar-refractivity contribution in [2.75, 3.05) is 0 Å². The Hall–Kier alpha value is -6.00. The quantitative estimate of drug-likeness (QED) is 0.159. The second-order valence-corrected chi connectivity index (χ2v) is 11.0. The van der Waals surface area contributed by atoms with Crippen LogP contribution in [0.15, 0.2) is 146 Å². The van der Waals surface area contributed by atoms with Crippen LogP contribution in [0.4, 0.5) is 0 Å². The number of aromatic nitrogens is 4. The van der Waals surface area contributed by atoms with Gasteiger partial charge in [0.25, 0.3) is 0 Å². The molecular weight excluding hydrogens is 536 g/mol. The van der Waals surface area contributed by atoms with Crippen LogP contribution in [0.2, 0.25) is 0 Å². The molecule has 0 aliphatic heterocycles. The van der Waals surface area contributed by atoms with Gasteiger partial charge in [-0.2, -0.15) is 0 Å². The van der Waals surface area contributed by atoms with E-state index in [1.54, 1.807) is 0 Å². The lowest BCUT2D eigenvalue weighted by molar-refractivity contribution is 1.18. The molecule has 0 saturated heterocycles. The molecule has 44 heavy (non-hydrogen) atoms. The van der Waals surface area contributed by atoms with Crippen molar-refractivity contribution in [2.45, 2.75) is 0 Å². The minimum atomic E-state index is 0.732. The van der Waals surface area contributed by atoms with Crippen molar-refractivity contribution in [3.8, 4) is 33.8 Å². The van der Waals surface area contributed by atoms with E-state index in [1.807, 2.05) is 30.7 Å². The summed E-state index contributed by atoms with van der Waals surface area (Å²) >= 11 is 0. The molecule has 9 rings (SSSR count). The highest BCUT2D eigenvalue weighted by atomic mass is 14.9. The lowest BCUT2D eigenvalue weighted by Gasteiger charge is -2.19. The van der Waals surface area contributed by atoms with Crippen LogP contribution in [0.1, 0.15) is 0 Å². The van der Waals surface area contributed by atoms with E-state index in [-0.39, 0.29) is 0 Å². The fourth-order valence-corrected chi connectivity index (χ4v) is 6.70. The summed E-state index contributed by atoms with van der Waals surface area (Å²) in [6, 6.07) is 44.8. The average molecular weight is 561 g/mol. The predicted molar refractivity (Wildman–Crippen MR) is 181 cm³/mol. The van der Waals surface area contributed by atoms with Crippen molar-refractivity contribution in [2.24, 2.45) is 0 Å². The van der Waals surface area contributed by atoms with Crippen LogP contribution in [0, 0.1) is 0 Å². The molecule has 0 amide bonds. The normalized spacial score (nSPS) is 11.6. The first-order chi connectivity index (χ1) is 21.8. The van der Waals surface area contributed by atoms with Gasteiger partial charge in [-0.1, -0.05) is 109 Å². The van der Waals surface area contributed by atoms with E-state index in [0.717, 1.165) is 60.6 Å². The topological polar surface area (TPSA) is 51.6 Å². The van der Waals surface area contributed by atoms with Crippen LogP contribution in [0.25, 0.3) is 87.9 Å². The highest BCUT2D eigenvalue weighted by molar-refractivity contribution is 6.23. The lowest BCUT2D eigenvalue weighted by Crippen LogP contribution is -1.95. The Kier molecular flexibility index (Phi) is 5.47. The Balaban J connectivity index is 1.34. The number of hydrogen-bond donors (Lipinski definition) is 0. The van der Waals surface area contributed by atoms with E-state index >= 15 is 0 Å². The Morgan fingerprint density at radius 2 is 0.864 bits per heavy atom. The minimum absolute atomic E-state index is 0.732. The molecule has 0 radical (unpaired) electrons. The Morgan fingerprint density at radius 3 is 1.55 bits per heavy atom. The van der Waals surface area contributed by atoms with E-state index in [1.165, 1.54) is 27.3 Å². The molecule has 4 nitrogen and oxygen atoms in total. The third kappa shape index (κ3) is 3.71. The Bertz CT molecular complexity index is 2500. The van der Waals surface area contributed by atoms with Crippen molar-refractivity contribution < 1.29 is 0 Å². The molecular formula is C40H24N4. The molecule has 3 aromatic heterocycles. The molecule has 0 aliphatic rings. The van der Waals surface area contributed by atoms with Gasteiger partial charge in [-0.3, -0.25) is 4.98 Å². The van der Waals surface area contributed by atoms with Gasteiger partial charge in [-0.05, 0) is 61.6 Å². The zero-order valence-electron chi connectivity index (χ0n) is 23.6. The number of pyridine rings is 2. The molecule has 204 valence electrons. The van der Waals surface area contributed by atoms with Gasteiger partial charge >= 0.3 is 0 Å². The molecule has 0 unspecified atom stereocenters. The van der Waals surface area contributed by atoms with Crippen molar-refractivity contribution in [1.82, 2.24) is 19.9 Å². The van der Waals surface area contributed by atoms with Gasteiger partial charge in [0.2, 0.25) is 0 Å². The number of rotatable bonds is 3. The summed E-state index contributed by atoms with van der Waals surface area (Å²) in [5.41, 5.74) is 7.33. The number of hydrogen-bond acceptors (Lipinski definition) is 4. The van der Waals surface area contributed by atoms with Crippen molar-refractivity contribution in [3.63, 3.8) is 0 Å². The molecule has 0 N–H and O–H groups in total. The van der Waals surface area contributed by atoms with E-state index in [4.69, 9.17) is 4.98 Å². The maximum absolute atomic E-state index is 5.19. The van der Waals surface area contributed by atoms with E-state index < -0.39 is 0 Å². The first-order valence-electron chi connectivity index (χ1n) is 14.7. The molecule has 0 spiro atoms. The van der Waals surface area contributed by atoms with Gasteiger partial charge in [-0.15, -0.1) is 0 Å². The Morgan fingerprint density at radius 1 is 0.341 bits per heavy atom. The summed E-state index contributed by atoms with van der Waals surface area (Å²) in [7, 11) is 0. The molecule has 0 atom stereocenters. The molecule has 0 bridgehead atoms. The van der Waals surface area contributed by atoms with Crippen molar-refractivity contribution in [3.05, 3.63) is 146 Å². The summed E-state index contributed by atoms with van der Waals surface area (Å²) in [6.45, 7) is 0. The summed E-state index contributed by atoms with van der Waals surface area (Å²) in [5, 5.41) is 9.14. The zero-order valence-corrected chi connectivity index (χ0v) is 23.6. The average Bonchev–Trinajstić information content (AvgIpc) is 3.10. The summed E-state index contributed by atoms with van der Waals surface area (Å²) < 4.78 is 0. The molecule has 0 aliphatic carbocycles. The first-order valence-corrected chi connectivity index (χ1v) is 14.7. The van der Waals surface area contributed by atoms with Crippen molar-refractivity contribution in [1.29, 1.82) is 0 Å². The second kappa shape index (κ2) is 9.79. The van der Waals surface area contributed by atoms with Crippen LogP contribution in [0.5, 0.6) is 0 Å². The predicted octanol–water partition coefficient (Wildman–Crippen LogP) is 10.0. The largest absolute Gasteiger partial charge is 0.254 e. The van der Waals surface area contributed by atoms with Gasteiger partial charge in [0, 0.05) is 40.5 Å². The summed E-state index contributed by atoms with van der Waals surface area (Å²) in [6.07, 6.45) is 5.46. The molecule has 0 fully saturated rings. The van der Waals surface area contributed by atoms with Gasteiger partial charge in [0.05, 0.1) is 16.7 Å². The standard InChI is InChI=1S/C40H24N4/c1-2-11-28-27(10-1)29(35-21-18-26-17-16-25-9-7-22-41-38(25)39(26)44-35)19-20-34(28)36-30-12-3-5-14-32(30)37(40-42-23-8-24-43-40)33-15-6-4-13-31(33)36/h1-24H. The third-order valence-corrected chi connectivity index (χ3v) is 8.62. The number of fused-ring (bicyclic) bond motifs is 6. The molecule has 9 aromatic rings. The van der Waals surface area contributed by atoms with Crippen LogP contribution in [-0.4, -0.2) is 19.9 Å². The van der Waals surface area contributed by atoms with Crippen LogP contribution in [0.3, 0.4) is 0 Å². The third-order valence-electron chi connectivity index (χ3n) is 8.62. The maximum Gasteiger partial charge on any atom is 0.160 e. The molecule has 0 saturated carbocycles. The van der Waals surface area contributed by atoms with Gasteiger partial charge in [0.1, 0.15) is 0 Å². The van der Waals surface area contributed by atoms with Crippen LogP contribution < -0.4 is 0 Å². The highest BCUT2D eigenvalue weighted by Crippen LogP contribution is 2.45. The van der Waals surface area contributed by atoms with E-state index in [9.17, 15) is 0 Å². The van der Waals surface area contributed by atoms with Crippen LogP contribution in [-0.2, 0) is 0 Å². The summed E-state index contributed by atoms with van der Waals surface area (Å²) in [5.74, 6) is 0.732. The lowest BCUT2D eigenvalue weighted by atomic mass is 9.85. The van der Waals surface area contributed by atoms with Gasteiger partial charge in [-0.25, -0.2) is 15.0 Å². The van der Waals surface area contributed by atoms with Gasteiger partial charge in [0.15, 0.2) is 5.82 Å². The Labute approximate surface area is 253 Å². The molecule has 4 heteroatoms. The molecule has 6 aromatic carbocycles. The minimum Gasteiger partial charge on any atom is -0.254 e. The molecule has 3 heterocycles. The summed E-state index contributed by atoms with van der Waals surface area (Å²) in [4.78, 5) is 19.2. The fraction of sp³-hybridized carbons (Fsp3) is 0. The monoisotopic (exact) mass is 560 g/mol.